The smallest absolute Gasteiger partial charge is 0.349 e. The van der Waals surface area contributed by atoms with Gasteiger partial charge in [0, 0.05) is 6.07 Å². The molecule has 0 radical (unpaired) electrons. The fourth-order valence-corrected chi connectivity index (χ4v) is 1.81. The largest absolute Gasteiger partial charge is 0.482 e. The summed E-state index contributed by atoms with van der Waals surface area (Å²) < 4.78 is 62.2. The number of carbonyl (C=O) groups excluding carboxylic acids is 1. The van der Waals surface area contributed by atoms with E-state index in [1.165, 1.54) is 0 Å². The van der Waals surface area contributed by atoms with Crippen molar-refractivity contribution < 1.29 is 31.8 Å². The molecule has 2 aromatic carbocycles. The van der Waals surface area contributed by atoms with E-state index in [0.717, 1.165) is 5.56 Å². The van der Waals surface area contributed by atoms with E-state index >= 15 is 0 Å². The van der Waals surface area contributed by atoms with Crippen LogP contribution in [0.15, 0.2) is 43.0 Å². The molecule has 0 atom stereocenters. The first-order chi connectivity index (χ1) is 11.4. The number of halogens is 4. The summed E-state index contributed by atoms with van der Waals surface area (Å²) in [7, 11) is 0. The van der Waals surface area contributed by atoms with E-state index in [4.69, 9.17) is 4.74 Å². The summed E-state index contributed by atoms with van der Waals surface area (Å²) in [4.78, 5) is 11.5. The average Bonchev–Trinajstić information content (AvgIpc) is 2.56. The number of ether oxygens (including phenoxy) is 2. The van der Waals surface area contributed by atoms with Crippen LogP contribution < -0.4 is 9.47 Å². The zero-order valence-corrected chi connectivity index (χ0v) is 12.3. The molecule has 0 bridgehead atoms. The topological polar surface area (TPSA) is 35.5 Å². The Morgan fingerprint density at radius 2 is 1.62 bits per heavy atom. The molecule has 0 spiro atoms. The van der Waals surface area contributed by atoms with Gasteiger partial charge in [0.25, 0.3) is 0 Å². The highest BCUT2D eigenvalue weighted by molar-refractivity contribution is 5.74. The molecule has 3 nitrogen and oxygen atoms in total. The third kappa shape index (κ3) is 4.13. The molecular weight excluding hydrogens is 328 g/mol. The van der Waals surface area contributed by atoms with Gasteiger partial charge in [-0.15, -0.1) is 6.58 Å². The van der Waals surface area contributed by atoms with Gasteiger partial charge in [-0.25, -0.2) is 13.6 Å². The Balaban J connectivity index is 2.00. The van der Waals surface area contributed by atoms with E-state index in [-0.39, 0.29) is 6.07 Å². The van der Waals surface area contributed by atoms with Crippen LogP contribution in [0.3, 0.4) is 0 Å². The average molecular weight is 340 g/mol. The van der Waals surface area contributed by atoms with Crippen LogP contribution in [0.1, 0.15) is 5.56 Å². The Morgan fingerprint density at radius 3 is 2.17 bits per heavy atom. The summed E-state index contributed by atoms with van der Waals surface area (Å²) in [6.45, 7) is 2.90. The van der Waals surface area contributed by atoms with Crippen LogP contribution in [-0.2, 0) is 11.2 Å². The second-order valence-corrected chi connectivity index (χ2v) is 4.70. The lowest BCUT2D eigenvalue weighted by molar-refractivity contribution is -0.137. The quantitative estimate of drug-likeness (QED) is 0.263. The second kappa shape index (κ2) is 7.63. The van der Waals surface area contributed by atoms with Gasteiger partial charge in [-0.2, -0.15) is 8.78 Å². The van der Waals surface area contributed by atoms with Gasteiger partial charge in [-0.1, -0.05) is 18.2 Å². The molecule has 0 fully saturated rings. The monoisotopic (exact) mass is 340 g/mol. The molecule has 7 heteroatoms. The summed E-state index contributed by atoms with van der Waals surface area (Å²) in [5.74, 6) is -9.28. The minimum atomic E-state index is -1.80. The first-order valence-corrected chi connectivity index (χ1v) is 6.78. The number of rotatable bonds is 6. The molecule has 0 heterocycles. The van der Waals surface area contributed by atoms with Crippen molar-refractivity contribution in [2.45, 2.75) is 6.42 Å². The van der Waals surface area contributed by atoms with Gasteiger partial charge in [-0.05, 0) is 24.1 Å². The van der Waals surface area contributed by atoms with Crippen LogP contribution in [0.2, 0.25) is 0 Å². The molecule has 2 rings (SSSR count). The Hall–Kier alpha value is -2.83. The number of esters is 1. The summed E-state index contributed by atoms with van der Waals surface area (Å²) in [6, 6.07) is 6.65. The van der Waals surface area contributed by atoms with Crippen LogP contribution >= 0.6 is 0 Å². The molecule has 0 unspecified atom stereocenters. The van der Waals surface area contributed by atoms with Gasteiger partial charge in [0.1, 0.15) is 5.75 Å². The van der Waals surface area contributed by atoms with Gasteiger partial charge < -0.3 is 9.47 Å². The van der Waals surface area contributed by atoms with E-state index < -0.39 is 41.6 Å². The van der Waals surface area contributed by atoms with Crippen LogP contribution in [0.4, 0.5) is 17.6 Å². The number of hydrogen-bond acceptors (Lipinski definition) is 3. The summed E-state index contributed by atoms with van der Waals surface area (Å²) in [5.41, 5.74) is 0.972. The van der Waals surface area contributed by atoms with Gasteiger partial charge in [0.2, 0.25) is 17.4 Å². The lowest BCUT2D eigenvalue weighted by atomic mass is 10.1. The predicted octanol–water partition coefficient (Wildman–Crippen LogP) is 3.96. The molecule has 126 valence electrons. The maximum atomic E-state index is 13.4. The Labute approximate surface area is 135 Å². The number of hydrogen-bond donors (Lipinski definition) is 0. The highest BCUT2D eigenvalue weighted by Gasteiger charge is 2.23. The molecule has 0 aromatic heterocycles. The summed E-state index contributed by atoms with van der Waals surface area (Å²) in [5, 5.41) is 0. The zero-order chi connectivity index (χ0) is 17.7. The number of benzene rings is 2. The van der Waals surface area contributed by atoms with Gasteiger partial charge in [0.15, 0.2) is 18.2 Å². The van der Waals surface area contributed by atoms with Gasteiger partial charge in [-0.3, -0.25) is 0 Å². The SMILES string of the molecule is C=CCc1ccc(OCC(=O)Oc2c(F)c(F)cc(F)c2F)cc1. The van der Waals surface area contributed by atoms with Crippen LogP contribution in [0, 0.1) is 23.3 Å². The van der Waals surface area contributed by atoms with Crippen molar-refractivity contribution in [3.63, 3.8) is 0 Å². The minimum absolute atomic E-state index is 0.0172. The van der Waals surface area contributed by atoms with Crippen molar-refractivity contribution in [3.05, 3.63) is 71.8 Å². The van der Waals surface area contributed by atoms with Crippen LogP contribution in [-0.4, -0.2) is 12.6 Å². The van der Waals surface area contributed by atoms with Crippen molar-refractivity contribution in [3.8, 4) is 11.5 Å². The molecule has 24 heavy (non-hydrogen) atoms. The van der Waals surface area contributed by atoms with E-state index in [9.17, 15) is 22.4 Å². The molecule has 0 aliphatic carbocycles. The molecule has 0 N–H and O–H groups in total. The first-order valence-electron chi connectivity index (χ1n) is 6.78. The van der Waals surface area contributed by atoms with Crippen LogP contribution in [0.5, 0.6) is 11.5 Å². The molecule has 2 aromatic rings. The van der Waals surface area contributed by atoms with Crippen molar-refractivity contribution in [1.82, 2.24) is 0 Å². The standard InChI is InChI=1S/C17H12F4O3/c1-2-3-10-4-6-11(7-5-10)23-9-14(22)24-17-15(20)12(18)8-13(19)16(17)21/h2,4-8H,1,3,9H2. The second-order valence-electron chi connectivity index (χ2n) is 4.70. The number of carbonyl (C=O) groups is 1. The van der Waals surface area contributed by atoms with Crippen molar-refractivity contribution in [2.24, 2.45) is 0 Å². The molecule has 0 aliphatic rings. The molecule has 0 amide bonds. The minimum Gasteiger partial charge on any atom is -0.482 e. The molecule has 0 saturated heterocycles. The third-order valence-corrected chi connectivity index (χ3v) is 2.95. The third-order valence-electron chi connectivity index (χ3n) is 2.95. The van der Waals surface area contributed by atoms with Crippen molar-refractivity contribution in [1.29, 1.82) is 0 Å². The zero-order valence-electron chi connectivity index (χ0n) is 12.3. The Kier molecular flexibility index (Phi) is 5.57. The van der Waals surface area contributed by atoms with E-state index in [1.807, 2.05) is 0 Å². The number of allylic oxidation sites excluding steroid dienone is 1. The molecule has 0 aliphatic heterocycles. The van der Waals surface area contributed by atoms with Gasteiger partial charge in [0.05, 0.1) is 0 Å². The maximum absolute atomic E-state index is 13.4. The lowest BCUT2D eigenvalue weighted by Crippen LogP contribution is -2.19. The summed E-state index contributed by atoms with van der Waals surface area (Å²) >= 11 is 0. The molecular formula is C17H12F4O3. The Bertz CT molecular complexity index is 731. The van der Waals surface area contributed by atoms with E-state index in [2.05, 4.69) is 11.3 Å². The molecule has 0 saturated carbocycles. The predicted molar refractivity (Wildman–Crippen MR) is 77.7 cm³/mol. The van der Waals surface area contributed by atoms with Crippen molar-refractivity contribution in [2.75, 3.05) is 6.61 Å². The van der Waals surface area contributed by atoms with E-state index in [1.54, 1.807) is 30.3 Å². The van der Waals surface area contributed by atoms with Crippen molar-refractivity contribution >= 4 is 5.97 Å². The highest BCUT2D eigenvalue weighted by Crippen LogP contribution is 2.26. The first kappa shape index (κ1) is 17.5. The fraction of sp³-hybridized carbons (Fsp3) is 0.118. The van der Waals surface area contributed by atoms with E-state index in [0.29, 0.717) is 12.2 Å². The normalized spacial score (nSPS) is 10.3. The van der Waals surface area contributed by atoms with Crippen LogP contribution in [0.25, 0.3) is 0 Å². The Morgan fingerprint density at radius 1 is 1.04 bits per heavy atom. The highest BCUT2D eigenvalue weighted by atomic mass is 19.2. The summed E-state index contributed by atoms with van der Waals surface area (Å²) in [6.07, 6.45) is 2.38. The maximum Gasteiger partial charge on any atom is 0.349 e. The lowest BCUT2D eigenvalue weighted by Gasteiger charge is -2.09. The fourth-order valence-electron chi connectivity index (χ4n) is 1.81. The van der Waals surface area contributed by atoms with Gasteiger partial charge >= 0.3 is 5.97 Å².